The highest BCUT2D eigenvalue weighted by molar-refractivity contribution is 8.00. The highest BCUT2D eigenvalue weighted by atomic mass is 35.5. The van der Waals surface area contributed by atoms with Gasteiger partial charge in [0.25, 0.3) is 5.56 Å². The number of hydrogen-bond acceptors (Lipinski definition) is 5. The molecule has 1 saturated carbocycles. The van der Waals surface area contributed by atoms with Crippen molar-refractivity contribution in [3.05, 3.63) is 33.6 Å². The Balaban J connectivity index is 1.58. The SMILES string of the molecule is C[C@H]1[C@@H](C)CCC[C@H]1NC(=O)[C@H](C)Sc1nc2cc(Cl)ccc2c(=O)n1C[C@@H]1CCCO1. The lowest BCUT2D eigenvalue weighted by atomic mass is 9.78. The van der Waals surface area contributed by atoms with E-state index in [-0.39, 0.29) is 28.9 Å². The second-order valence-corrected chi connectivity index (χ2v) is 11.0. The van der Waals surface area contributed by atoms with Crippen molar-refractivity contribution in [2.45, 2.75) is 82.0 Å². The maximum atomic E-state index is 13.3. The van der Waals surface area contributed by atoms with Crippen molar-refractivity contribution in [3.8, 4) is 0 Å². The van der Waals surface area contributed by atoms with Crippen molar-refractivity contribution in [1.82, 2.24) is 14.9 Å². The van der Waals surface area contributed by atoms with Crippen LogP contribution in [0, 0.1) is 11.8 Å². The lowest BCUT2D eigenvalue weighted by Crippen LogP contribution is -2.46. The average Bonchev–Trinajstić information content (AvgIpc) is 3.27. The second kappa shape index (κ2) is 10.1. The molecule has 6 nitrogen and oxygen atoms in total. The molecule has 1 aliphatic heterocycles. The monoisotopic (exact) mass is 477 g/mol. The van der Waals surface area contributed by atoms with Crippen LogP contribution in [0.1, 0.15) is 52.9 Å². The molecule has 1 aromatic carbocycles. The summed E-state index contributed by atoms with van der Waals surface area (Å²) in [5.74, 6) is 1.06. The number of carbonyl (C=O) groups is 1. The van der Waals surface area contributed by atoms with E-state index >= 15 is 0 Å². The van der Waals surface area contributed by atoms with E-state index in [1.165, 1.54) is 18.2 Å². The fourth-order valence-corrected chi connectivity index (χ4v) is 5.81. The number of nitrogens with one attached hydrogen (secondary N) is 1. The number of hydrogen-bond donors (Lipinski definition) is 1. The number of ether oxygens (including phenoxy) is 1. The van der Waals surface area contributed by atoms with Crippen LogP contribution < -0.4 is 10.9 Å². The second-order valence-electron chi connectivity index (χ2n) is 9.25. The summed E-state index contributed by atoms with van der Waals surface area (Å²) in [6.45, 7) is 7.52. The molecule has 1 aromatic heterocycles. The number of fused-ring (bicyclic) bond motifs is 1. The molecule has 2 heterocycles. The van der Waals surface area contributed by atoms with Gasteiger partial charge in [-0.2, -0.15) is 0 Å². The fraction of sp³-hybridized carbons (Fsp3) is 0.625. The molecule has 174 valence electrons. The van der Waals surface area contributed by atoms with Crippen molar-refractivity contribution in [2.75, 3.05) is 6.61 Å². The Bertz CT molecular complexity index is 1040. The Kier molecular flexibility index (Phi) is 7.47. The van der Waals surface area contributed by atoms with E-state index in [0.717, 1.165) is 32.3 Å². The number of nitrogens with zero attached hydrogens (tertiary/aromatic N) is 2. The van der Waals surface area contributed by atoms with Crippen LogP contribution in [0.15, 0.2) is 28.2 Å². The number of rotatable bonds is 6. The van der Waals surface area contributed by atoms with Crippen molar-refractivity contribution < 1.29 is 9.53 Å². The van der Waals surface area contributed by atoms with E-state index in [9.17, 15) is 9.59 Å². The van der Waals surface area contributed by atoms with Crippen LogP contribution in [-0.2, 0) is 16.1 Å². The number of carbonyl (C=O) groups excluding carboxylic acids is 1. The predicted molar refractivity (Wildman–Crippen MR) is 129 cm³/mol. The van der Waals surface area contributed by atoms with E-state index in [4.69, 9.17) is 21.3 Å². The Morgan fingerprint density at radius 1 is 1.31 bits per heavy atom. The highest BCUT2D eigenvalue weighted by Crippen LogP contribution is 2.30. The molecule has 1 amide bonds. The summed E-state index contributed by atoms with van der Waals surface area (Å²) in [4.78, 5) is 31.1. The molecule has 0 bridgehead atoms. The molecular weight excluding hydrogens is 446 g/mol. The lowest BCUT2D eigenvalue weighted by Gasteiger charge is -2.35. The Morgan fingerprint density at radius 2 is 2.12 bits per heavy atom. The van der Waals surface area contributed by atoms with E-state index < -0.39 is 0 Å². The van der Waals surface area contributed by atoms with Crippen LogP contribution in [-0.4, -0.2) is 39.5 Å². The average molecular weight is 478 g/mol. The van der Waals surface area contributed by atoms with Gasteiger partial charge in [-0.25, -0.2) is 4.98 Å². The summed E-state index contributed by atoms with van der Waals surface area (Å²) in [7, 11) is 0. The largest absolute Gasteiger partial charge is 0.376 e. The lowest BCUT2D eigenvalue weighted by molar-refractivity contribution is -0.121. The first-order valence-electron chi connectivity index (χ1n) is 11.6. The van der Waals surface area contributed by atoms with Gasteiger partial charge < -0.3 is 10.1 Å². The van der Waals surface area contributed by atoms with Gasteiger partial charge in [-0.15, -0.1) is 0 Å². The molecule has 0 unspecified atom stereocenters. The zero-order valence-electron chi connectivity index (χ0n) is 19.0. The standard InChI is InChI=1S/C24H32ClN3O3S/c1-14-6-4-8-20(15(14)2)26-22(29)16(3)32-24-27-21-12-17(25)9-10-19(21)23(30)28(24)13-18-7-5-11-31-18/h9-10,12,14-16,18,20H,4-8,11,13H2,1-3H3,(H,26,29)/t14-,15-,16-,18-,20+/m0/s1. The first kappa shape index (κ1) is 23.6. The molecule has 4 rings (SSSR count). The minimum absolute atomic E-state index is 0.00712. The van der Waals surface area contributed by atoms with E-state index in [2.05, 4.69) is 19.2 Å². The summed E-state index contributed by atoms with van der Waals surface area (Å²) in [6, 6.07) is 5.33. The summed E-state index contributed by atoms with van der Waals surface area (Å²) < 4.78 is 7.45. The smallest absolute Gasteiger partial charge is 0.262 e. The number of thioether (sulfide) groups is 1. The van der Waals surface area contributed by atoms with E-state index in [1.54, 1.807) is 22.8 Å². The minimum atomic E-state index is -0.376. The third-order valence-electron chi connectivity index (χ3n) is 6.98. The van der Waals surface area contributed by atoms with Crippen LogP contribution in [0.5, 0.6) is 0 Å². The molecule has 1 aliphatic carbocycles. The first-order valence-corrected chi connectivity index (χ1v) is 12.9. The molecular formula is C24H32ClN3O3S. The van der Waals surface area contributed by atoms with Crippen molar-refractivity contribution in [3.63, 3.8) is 0 Å². The first-order chi connectivity index (χ1) is 15.3. The van der Waals surface area contributed by atoms with Crippen molar-refractivity contribution in [1.29, 1.82) is 0 Å². The van der Waals surface area contributed by atoms with E-state index in [0.29, 0.717) is 39.5 Å². The molecule has 2 aromatic rings. The van der Waals surface area contributed by atoms with Crippen LogP contribution in [0.4, 0.5) is 0 Å². The van der Waals surface area contributed by atoms with E-state index in [1.807, 2.05) is 6.92 Å². The van der Waals surface area contributed by atoms with Crippen LogP contribution in [0.2, 0.25) is 5.02 Å². The van der Waals surface area contributed by atoms with Crippen LogP contribution in [0.3, 0.4) is 0 Å². The Labute approximate surface area is 198 Å². The van der Waals surface area contributed by atoms with Crippen molar-refractivity contribution >= 4 is 40.2 Å². The molecule has 5 atom stereocenters. The quantitative estimate of drug-likeness (QED) is 0.484. The molecule has 0 spiro atoms. The minimum Gasteiger partial charge on any atom is -0.376 e. The van der Waals surface area contributed by atoms with Gasteiger partial charge in [-0.3, -0.25) is 14.2 Å². The van der Waals surface area contributed by atoms with Gasteiger partial charge in [0.05, 0.1) is 28.8 Å². The third-order valence-corrected chi connectivity index (χ3v) is 8.30. The molecule has 1 N–H and O–H groups in total. The summed E-state index contributed by atoms with van der Waals surface area (Å²) in [5.41, 5.74) is 0.433. The van der Waals surface area contributed by atoms with Gasteiger partial charge in [0, 0.05) is 17.7 Å². The molecule has 0 radical (unpaired) electrons. The molecule has 8 heteroatoms. The van der Waals surface area contributed by atoms with Gasteiger partial charge in [0.1, 0.15) is 0 Å². The molecule has 2 aliphatic rings. The number of benzene rings is 1. The van der Waals surface area contributed by atoms with Gasteiger partial charge in [-0.05, 0) is 56.2 Å². The summed E-state index contributed by atoms with van der Waals surface area (Å²) >= 11 is 7.48. The summed E-state index contributed by atoms with van der Waals surface area (Å²) in [6.07, 6.45) is 5.29. The maximum absolute atomic E-state index is 13.3. The normalized spacial score (nSPS) is 26.9. The third kappa shape index (κ3) is 5.15. The van der Waals surface area contributed by atoms with Gasteiger partial charge in [-0.1, -0.05) is 50.1 Å². The predicted octanol–water partition coefficient (Wildman–Crippen LogP) is 4.65. The van der Waals surface area contributed by atoms with Gasteiger partial charge in [0.2, 0.25) is 5.91 Å². The van der Waals surface area contributed by atoms with Crippen LogP contribution >= 0.6 is 23.4 Å². The topological polar surface area (TPSA) is 73.2 Å². The van der Waals surface area contributed by atoms with Gasteiger partial charge in [0.15, 0.2) is 5.16 Å². The molecule has 1 saturated heterocycles. The zero-order chi connectivity index (χ0) is 22.8. The maximum Gasteiger partial charge on any atom is 0.262 e. The Hall–Kier alpha value is -1.57. The number of halogens is 1. The van der Waals surface area contributed by atoms with Crippen LogP contribution in [0.25, 0.3) is 10.9 Å². The summed E-state index contributed by atoms with van der Waals surface area (Å²) in [5, 5.41) is 4.47. The van der Waals surface area contributed by atoms with Crippen molar-refractivity contribution in [2.24, 2.45) is 11.8 Å². The highest BCUT2D eigenvalue weighted by Gasteiger charge is 2.30. The zero-order valence-corrected chi connectivity index (χ0v) is 20.5. The Morgan fingerprint density at radius 3 is 2.88 bits per heavy atom. The molecule has 2 fully saturated rings. The van der Waals surface area contributed by atoms with Gasteiger partial charge >= 0.3 is 0 Å². The number of amides is 1. The number of aromatic nitrogens is 2. The fourth-order valence-electron chi connectivity index (χ4n) is 4.71. The molecule has 32 heavy (non-hydrogen) atoms.